The van der Waals surface area contributed by atoms with Gasteiger partial charge in [0.15, 0.2) is 0 Å². The minimum absolute atomic E-state index is 0.454. The molecule has 0 aliphatic heterocycles. The quantitative estimate of drug-likeness (QED) is 0.721. The Kier molecular flexibility index (Phi) is 5.81. The normalized spacial score (nSPS) is 12.7. The van der Waals surface area contributed by atoms with Gasteiger partial charge >= 0.3 is 5.97 Å². The smallest absolute Gasteiger partial charge is 0.316 e. The van der Waals surface area contributed by atoms with E-state index in [0.29, 0.717) is 15.9 Å². The monoisotopic (exact) mass is 421 g/mol. The number of rotatable bonds is 4. The maximum absolute atomic E-state index is 12.3. The van der Waals surface area contributed by atoms with Gasteiger partial charge in [-0.05, 0) is 43.3 Å². The van der Waals surface area contributed by atoms with Crippen molar-refractivity contribution in [3.63, 3.8) is 0 Å². The van der Waals surface area contributed by atoms with Crippen LogP contribution in [0, 0.1) is 11.3 Å². The van der Waals surface area contributed by atoms with Gasteiger partial charge in [-0.15, -0.1) is 0 Å². The zero-order valence-electron chi connectivity index (χ0n) is 12.2. The highest BCUT2D eigenvalue weighted by Gasteiger charge is 2.37. The van der Waals surface area contributed by atoms with Crippen molar-refractivity contribution < 1.29 is 19.4 Å². The molecule has 1 amide bonds. The first-order valence-corrected chi connectivity index (χ1v) is 7.73. The highest BCUT2D eigenvalue weighted by atomic mass is 79.9. The van der Waals surface area contributed by atoms with Crippen molar-refractivity contribution in [3.8, 4) is 5.75 Å². The summed E-state index contributed by atoms with van der Waals surface area (Å²) in [5.74, 6) is -2.34. The van der Waals surface area contributed by atoms with Crippen LogP contribution in [0.25, 0.3) is 0 Å². The number of hydrogen-bond acceptors (Lipinski definition) is 3. The summed E-state index contributed by atoms with van der Waals surface area (Å²) < 4.78 is 6.51. The van der Waals surface area contributed by atoms with Crippen LogP contribution in [0.4, 0.5) is 5.69 Å². The molecule has 0 saturated heterocycles. The zero-order valence-corrected chi connectivity index (χ0v) is 15.3. The summed E-state index contributed by atoms with van der Waals surface area (Å²) in [6.45, 7) is 5.13. The molecule has 5 nitrogen and oxygen atoms in total. The first-order valence-electron chi connectivity index (χ1n) is 6.14. The number of anilines is 1. The van der Waals surface area contributed by atoms with E-state index in [-0.39, 0.29) is 0 Å². The van der Waals surface area contributed by atoms with E-state index >= 15 is 0 Å². The third-order valence-corrected chi connectivity index (χ3v) is 4.15. The maximum Gasteiger partial charge on any atom is 0.316 e. The Hall–Kier alpha value is -1.08. The van der Waals surface area contributed by atoms with Crippen molar-refractivity contribution in [2.24, 2.45) is 11.3 Å². The second kappa shape index (κ2) is 6.79. The van der Waals surface area contributed by atoms with Gasteiger partial charge in [-0.1, -0.05) is 20.8 Å². The number of carbonyl (C=O) groups excluding carboxylic acids is 1. The number of nitrogens with one attached hydrogen (secondary N) is 1. The SMILES string of the molecule is COc1cc(NC(=O)C(C(=O)O)C(C)(C)C)c(Br)cc1Br. The fraction of sp³-hybridized carbons (Fsp3) is 0.429. The van der Waals surface area contributed by atoms with Gasteiger partial charge in [0.05, 0.1) is 17.3 Å². The molecule has 0 heterocycles. The van der Waals surface area contributed by atoms with Crippen LogP contribution in [0.2, 0.25) is 0 Å². The number of amides is 1. The van der Waals surface area contributed by atoms with Crippen molar-refractivity contribution >= 4 is 49.4 Å². The lowest BCUT2D eigenvalue weighted by Gasteiger charge is -2.26. The zero-order chi connectivity index (χ0) is 16.4. The predicted molar refractivity (Wildman–Crippen MR) is 87.6 cm³/mol. The molecule has 0 saturated carbocycles. The van der Waals surface area contributed by atoms with Crippen molar-refractivity contribution in [2.75, 3.05) is 12.4 Å². The molecule has 0 bridgehead atoms. The van der Waals surface area contributed by atoms with Gasteiger partial charge in [-0.25, -0.2) is 0 Å². The van der Waals surface area contributed by atoms with Crippen LogP contribution in [-0.4, -0.2) is 24.1 Å². The summed E-state index contributed by atoms with van der Waals surface area (Å²) in [4.78, 5) is 23.6. The van der Waals surface area contributed by atoms with Crippen LogP contribution in [0.15, 0.2) is 21.1 Å². The Morgan fingerprint density at radius 1 is 1.24 bits per heavy atom. The number of carboxylic acids is 1. The highest BCUT2D eigenvalue weighted by Crippen LogP contribution is 2.35. The van der Waals surface area contributed by atoms with Crippen molar-refractivity contribution in [1.82, 2.24) is 0 Å². The number of benzene rings is 1. The molecule has 0 radical (unpaired) electrons. The Labute approximate surface area is 140 Å². The molecule has 1 aromatic rings. The van der Waals surface area contributed by atoms with E-state index < -0.39 is 23.2 Å². The van der Waals surface area contributed by atoms with Crippen LogP contribution in [0.1, 0.15) is 20.8 Å². The Morgan fingerprint density at radius 2 is 1.81 bits per heavy atom. The first-order chi connectivity index (χ1) is 9.57. The Balaban J connectivity index is 3.10. The average molecular weight is 423 g/mol. The largest absolute Gasteiger partial charge is 0.495 e. The van der Waals surface area contributed by atoms with Gasteiger partial charge < -0.3 is 15.2 Å². The fourth-order valence-electron chi connectivity index (χ4n) is 1.86. The second-order valence-corrected chi connectivity index (χ2v) is 7.30. The molecule has 0 fully saturated rings. The molecule has 0 aromatic heterocycles. The minimum Gasteiger partial charge on any atom is -0.495 e. The molecule has 0 spiro atoms. The van der Waals surface area contributed by atoms with E-state index in [1.54, 1.807) is 32.9 Å². The molecule has 21 heavy (non-hydrogen) atoms. The third-order valence-electron chi connectivity index (χ3n) is 2.87. The number of methoxy groups -OCH3 is 1. The molecule has 2 N–H and O–H groups in total. The van der Waals surface area contributed by atoms with Crippen molar-refractivity contribution in [2.45, 2.75) is 20.8 Å². The summed E-state index contributed by atoms with van der Waals surface area (Å²) in [6.07, 6.45) is 0. The number of carboxylic acid groups (broad SMARTS) is 1. The van der Waals surface area contributed by atoms with Gasteiger partial charge in [0, 0.05) is 10.5 Å². The topological polar surface area (TPSA) is 75.6 Å². The van der Waals surface area contributed by atoms with E-state index in [1.807, 2.05) is 0 Å². The van der Waals surface area contributed by atoms with E-state index in [1.165, 1.54) is 7.11 Å². The fourth-order valence-corrected chi connectivity index (χ4v) is 3.12. The van der Waals surface area contributed by atoms with Crippen molar-refractivity contribution in [1.29, 1.82) is 0 Å². The van der Waals surface area contributed by atoms with Crippen LogP contribution in [0.3, 0.4) is 0 Å². The van der Waals surface area contributed by atoms with Gasteiger partial charge in [-0.2, -0.15) is 0 Å². The van der Waals surface area contributed by atoms with E-state index in [4.69, 9.17) is 4.74 Å². The third kappa shape index (κ3) is 4.44. The maximum atomic E-state index is 12.3. The van der Waals surface area contributed by atoms with Crippen LogP contribution in [0.5, 0.6) is 5.75 Å². The summed E-state index contributed by atoms with van der Waals surface area (Å²) in [5, 5.41) is 11.9. The lowest BCUT2D eigenvalue weighted by atomic mass is 9.80. The summed E-state index contributed by atoms with van der Waals surface area (Å²) in [5.41, 5.74) is -0.238. The first kappa shape index (κ1) is 18.0. The number of aliphatic carboxylic acids is 1. The molecule has 1 rings (SSSR count). The van der Waals surface area contributed by atoms with Gasteiger partial charge in [0.25, 0.3) is 0 Å². The minimum atomic E-state index is -1.15. The van der Waals surface area contributed by atoms with E-state index in [2.05, 4.69) is 37.2 Å². The molecule has 1 atom stereocenters. The van der Waals surface area contributed by atoms with Gasteiger partial charge in [0.1, 0.15) is 11.7 Å². The number of carbonyl (C=O) groups is 2. The molecule has 1 aromatic carbocycles. The average Bonchev–Trinajstić information content (AvgIpc) is 2.30. The molecule has 0 aliphatic carbocycles. The lowest BCUT2D eigenvalue weighted by Crippen LogP contribution is -2.39. The molecule has 1 unspecified atom stereocenters. The summed E-state index contributed by atoms with van der Waals surface area (Å²) in [7, 11) is 1.51. The van der Waals surface area contributed by atoms with Crippen molar-refractivity contribution in [3.05, 3.63) is 21.1 Å². The van der Waals surface area contributed by atoms with E-state index in [0.717, 1.165) is 4.47 Å². The van der Waals surface area contributed by atoms with Gasteiger partial charge in [-0.3, -0.25) is 9.59 Å². The molecular weight excluding hydrogens is 406 g/mol. The summed E-state index contributed by atoms with van der Waals surface area (Å²) in [6, 6.07) is 3.34. The standard InChI is InChI=1S/C14H17Br2NO4/c1-14(2,3)11(13(19)20)12(18)17-9-6-10(21-4)8(16)5-7(9)15/h5-6,11H,1-4H3,(H,17,18)(H,19,20). The highest BCUT2D eigenvalue weighted by molar-refractivity contribution is 9.11. The summed E-state index contributed by atoms with van der Waals surface area (Å²) >= 11 is 6.66. The Bertz CT molecular complexity index is 567. The van der Waals surface area contributed by atoms with Crippen LogP contribution in [-0.2, 0) is 9.59 Å². The van der Waals surface area contributed by atoms with Gasteiger partial charge in [0.2, 0.25) is 5.91 Å². The molecular formula is C14H17Br2NO4. The van der Waals surface area contributed by atoms with Crippen LogP contribution >= 0.6 is 31.9 Å². The molecule has 116 valence electrons. The van der Waals surface area contributed by atoms with Crippen LogP contribution < -0.4 is 10.1 Å². The van der Waals surface area contributed by atoms with E-state index in [9.17, 15) is 14.7 Å². The number of ether oxygens (including phenoxy) is 1. The molecule has 0 aliphatic rings. The number of hydrogen-bond donors (Lipinski definition) is 2. The number of halogens is 2. The lowest BCUT2D eigenvalue weighted by molar-refractivity contribution is -0.149. The Morgan fingerprint density at radius 3 is 2.24 bits per heavy atom. The predicted octanol–water partition coefficient (Wildman–Crippen LogP) is 3.91. The second-order valence-electron chi connectivity index (χ2n) is 5.59. The molecule has 7 heteroatoms.